The van der Waals surface area contributed by atoms with Gasteiger partial charge in [-0.3, -0.25) is 9.69 Å². The van der Waals surface area contributed by atoms with Crippen molar-refractivity contribution in [3.63, 3.8) is 0 Å². The Morgan fingerprint density at radius 2 is 2.05 bits per heavy atom. The van der Waals surface area contributed by atoms with Crippen LogP contribution in [0.2, 0.25) is 10.0 Å². The Morgan fingerprint density at radius 3 is 2.58 bits per heavy atom. The smallest absolute Gasteiger partial charge is 0.324 e. The van der Waals surface area contributed by atoms with Crippen molar-refractivity contribution in [3.05, 3.63) is 28.2 Å². The Morgan fingerprint density at radius 1 is 1.37 bits per heavy atom. The number of anilines is 1. The van der Waals surface area contributed by atoms with E-state index in [0.29, 0.717) is 15.7 Å². The molecule has 0 radical (unpaired) electrons. The lowest BCUT2D eigenvalue weighted by molar-refractivity contribution is -0.118. The summed E-state index contributed by atoms with van der Waals surface area (Å²) in [5.41, 5.74) is -0.188. The van der Waals surface area contributed by atoms with E-state index in [1.165, 1.54) is 4.90 Å². The third-order valence-electron chi connectivity index (χ3n) is 2.84. The van der Waals surface area contributed by atoms with Crippen LogP contribution in [0.25, 0.3) is 0 Å². The van der Waals surface area contributed by atoms with Gasteiger partial charge in [-0.05, 0) is 32.0 Å². The maximum atomic E-state index is 12.1. The second-order valence-corrected chi connectivity index (χ2v) is 5.57. The molecule has 1 heterocycles. The molecule has 0 unspecified atom stereocenters. The lowest BCUT2D eigenvalue weighted by atomic mass is 10.2. The summed E-state index contributed by atoms with van der Waals surface area (Å²) in [6.07, 6.45) is 0. The fraction of sp³-hybridized carbons (Fsp3) is 0.333. The summed E-state index contributed by atoms with van der Waals surface area (Å²) in [7, 11) is 0. The maximum Gasteiger partial charge on any atom is 0.324 e. The molecular formula is C12H13Cl2N3O2. The van der Waals surface area contributed by atoms with Gasteiger partial charge in [-0.25, -0.2) is 4.79 Å². The molecule has 102 valence electrons. The van der Waals surface area contributed by atoms with E-state index >= 15 is 0 Å². The number of nitrogens with zero attached hydrogens (tertiary/aromatic N) is 1. The molecule has 1 aliphatic rings. The first-order valence-electron chi connectivity index (χ1n) is 5.64. The van der Waals surface area contributed by atoms with Crippen LogP contribution in [-0.2, 0) is 4.79 Å². The van der Waals surface area contributed by atoms with Crippen LogP contribution in [0.3, 0.4) is 0 Å². The Balaban J connectivity index is 2.13. The van der Waals surface area contributed by atoms with Crippen LogP contribution in [0, 0.1) is 0 Å². The van der Waals surface area contributed by atoms with Gasteiger partial charge in [0.1, 0.15) is 12.2 Å². The van der Waals surface area contributed by atoms with Crippen LogP contribution in [-0.4, -0.2) is 29.0 Å². The molecule has 7 heteroatoms. The zero-order valence-electron chi connectivity index (χ0n) is 10.5. The number of hydrogen-bond acceptors (Lipinski definition) is 2. The van der Waals surface area contributed by atoms with E-state index in [1.54, 1.807) is 32.0 Å². The van der Waals surface area contributed by atoms with Crippen molar-refractivity contribution in [1.29, 1.82) is 0 Å². The Kier molecular flexibility index (Phi) is 3.60. The molecule has 0 aliphatic carbocycles. The van der Waals surface area contributed by atoms with Gasteiger partial charge in [-0.15, -0.1) is 0 Å². The quantitative estimate of drug-likeness (QED) is 0.838. The molecule has 0 aromatic heterocycles. The second kappa shape index (κ2) is 4.90. The molecule has 0 saturated carbocycles. The van der Waals surface area contributed by atoms with Crippen molar-refractivity contribution in [1.82, 2.24) is 10.2 Å². The predicted octanol–water partition coefficient (Wildman–Crippen LogP) is 2.69. The highest BCUT2D eigenvalue weighted by Crippen LogP contribution is 2.26. The standard InChI is InChI=1S/C12H13Cl2N3O2/c1-12(2)16-10(18)6-17(12)11(19)15-7-3-4-8(13)9(14)5-7/h3-5H,6H2,1-2H3,(H,15,19)(H,16,18). The fourth-order valence-electron chi connectivity index (χ4n) is 1.88. The van der Waals surface area contributed by atoms with Gasteiger partial charge in [0.05, 0.1) is 10.0 Å². The molecular weight excluding hydrogens is 289 g/mol. The van der Waals surface area contributed by atoms with Crippen molar-refractivity contribution in [3.8, 4) is 0 Å². The maximum absolute atomic E-state index is 12.1. The monoisotopic (exact) mass is 301 g/mol. The summed E-state index contributed by atoms with van der Waals surface area (Å²) in [6.45, 7) is 3.54. The van der Waals surface area contributed by atoms with Gasteiger partial charge in [0, 0.05) is 5.69 Å². The van der Waals surface area contributed by atoms with E-state index in [4.69, 9.17) is 23.2 Å². The molecule has 2 rings (SSSR count). The Bertz CT molecular complexity index is 546. The average molecular weight is 302 g/mol. The number of hydrogen-bond donors (Lipinski definition) is 2. The Labute approximate surface area is 120 Å². The lowest BCUT2D eigenvalue weighted by Crippen LogP contribution is -2.50. The minimum atomic E-state index is -0.711. The summed E-state index contributed by atoms with van der Waals surface area (Å²) >= 11 is 11.7. The number of amides is 3. The molecule has 2 N–H and O–H groups in total. The van der Waals surface area contributed by atoms with Gasteiger partial charge >= 0.3 is 6.03 Å². The first-order valence-corrected chi connectivity index (χ1v) is 6.40. The SMILES string of the molecule is CC1(C)NC(=O)CN1C(=O)Nc1ccc(Cl)c(Cl)c1. The van der Waals surface area contributed by atoms with E-state index in [9.17, 15) is 9.59 Å². The molecule has 1 fully saturated rings. The van der Waals surface area contributed by atoms with Gasteiger partial charge in [0.25, 0.3) is 0 Å². The van der Waals surface area contributed by atoms with E-state index in [1.807, 2.05) is 0 Å². The van der Waals surface area contributed by atoms with Gasteiger partial charge < -0.3 is 10.6 Å². The highest BCUT2D eigenvalue weighted by Gasteiger charge is 2.39. The van der Waals surface area contributed by atoms with Crippen molar-refractivity contribution in [2.75, 3.05) is 11.9 Å². The summed E-state index contributed by atoms with van der Waals surface area (Å²) in [6, 6.07) is 4.42. The number of carbonyl (C=O) groups is 2. The summed E-state index contributed by atoms with van der Waals surface area (Å²) in [4.78, 5) is 24.9. The number of halogens is 2. The van der Waals surface area contributed by atoms with Crippen molar-refractivity contribution >= 4 is 40.8 Å². The molecule has 1 aromatic rings. The predicted molar refractivity (Wildman–Crippen MR) is 74.4 cm³/mol. The van der Waals surface area contributed by atoms with Gasteiger partial charge in [0.2, 0.25) is 5.91 Å². The Hall–Kier alpha value is -1.46. The summed E-state index contributed by atoms with van der Waals surface area (Å²) in [5, 5.41) is 6.16. The minimum Gasteiger partial charge on any atom is -0.332 e. The first kappa shape index (κ1) is 14.0. The van der Waals surface area contributed by atoms with Crippen LogP contribution in [0.1, 0.15) is 13.8 Å². The van der Waals surface area contributed by atoms with Gasteiger partial charge in [-0.2, -0.15) is 0 Å². The van der Waals surface area contributed by atoms with Crippen LogP contribution < -0.4 is 10.6 Å². The summed E-state index contributed by atoms with van der Waals surface area (Å²) in [5.74, 6) is -0.186. The molecule has 0 atom stereocenters. The second-order valence-electron chi connectivity index (χ2n) is 4.75. The third-order valence-corrected chi connectivity index (χ3v) is 3.58. The van der Waals surface area contributed by atoms with Gasteiger partial charge in [0.15, 0.2) is 0 Å². The molecule has 19 heavy (non-hydrogen) atoms. The van der Waals surface area contributed by atoms with E-state index in [2.05, 4.69) is 10.6 Å². The largest absolute Gasteiger partial charge is 0.332 e. The zero-order chi connectivity index (χ0) is 14.2. The molecule has 3 amide bonds. The van der Waals surface area contributed by atoms with E-state index in [0.717, 1.165) is 0 Å². The van der Waals surface area contributed by atoms with Crippen molar-refractivity contribution in [2.24, 2.45) is 0 Å². The molecule has 5 nitrogen and oxygen atoms in total. The van der Waals surface area contributed by atoms with Gasteiger partial charge in [-0.1, -0.05) is 23.2 Å². The van der Waals surface area contributed by atoms with Crippen LogP contribution >= 0.6 is 23.2 Å². The highest BCUT2D eigenvalue weighted by molar-refractivity contribution is 6.42. The average Bonchev–Trinajstić information content (AvgIpc) is 2.57. The number of benzene rings is 1. The molecule has 1 aliphatic heterocycles. The number of nitrogens with one attached hydrogen (secondary N) is 2. The van der Waals surface area contributed by atoms with Crippen molar-refractivity contribution < 1.29 is 9.59 Å². The number of urea groups is 1. The molecule has 0 bridgehead atoms. The highest BCUT2D eigenvalue weighted by atomic mass is 35.5. The van der Waals surface area contributed by atoms with Crippen molar-refractivity contribution in [2.45, 2.75) is 19.5 Å². The fourth-order valence-corrected chi connectivity index (χ4v) is 2.18. The van der Waals surface area contributed by atoms with E-state index in [-0.39, 0.29) is 18.5 Å². The zero-order valence-corrected chi connectivity index (χ0v) is 12.0. The normalized spacial score (nSPS) is 17.3. The topological polar surface area (TPSA) is 61.4 Å². The summed E-state index contributed by atoms with van der Waals surface area (Å²) < 4.78 is 0. The van der Waals surface area contributed by atoms with E-state index < -0.39 is 5.66 Å². The van der Waals surface area contributed by atoms with Crippen LogP contribution in [0.4, 0.5) is 10.5 Å². The molecule has 1 saturated heterocycles. The number of rotatable bonds is 1. The first-order chi connectivity index (χ1) is 8.79. The van der Waals surface area contributed by atoms with Crippen LogP contribution in [0.15, 0.2) is 18.2 Å². The molecule has 1 aromatic carbocycles. The molecule has 0 spiro atoms. The van der Waals surface area contributed by atoms with Crippen LogP contribution in [0.5, 0.6) is 0 Å². The lowest BCUT2D eigenvalue weighted by Gasteiger charge is -2.30. The third kappa shape index (κ3) is 2.93. The number of carbonyl (C=O) groups excluding carboxylic acids is 2. The minimum absolute atomic E-state index is 0.0279.